The number of carboxylic acid groups (broad SMARTS) is 1. The fourth-order valence-electron chi connectivity index (χ4n) is 4.26. The van der Waals surface area contributed by atoms with E-state index in [2.05, 4.69) is 15.6 Å². The van der Waals surface area contributed by atoms with Crippen molar-refractivity contribution in [2.24, 2.45) is 0 Å². The lowest BCUT2D eigenvalue weighted by Gasteiger charge is -2.25. The van der Waals surface area contributed by atoms with Gasteiger partial charge in [0.2, 0.25) is 11.8 Å². The van der Waals surface area contributed by atoms with Crippen LogP contribution in [0, 0.1) is 0 Å². The van der Waals surface area contributed by atoms with Gasteiger partial charge in [-0.05, 0) is 55.3 Å². The molecule has 204 valence electrons. The van der Waals surface area contributed by atoms with Gasteiger partial charge in [-0.25, -0.2) is 14.6 Å². The van der Waals surface area contributed by atoms with Crippen molar-refractivity contribution in [3.63, 3.8) is 0 Å². The van der Waals surface area contributed by atoms with Crippen LogP contribution in [0.2, 0.25) is 5.02 Å². The molecule has 3 amide bonds. The van der Waals surface area contributed by atoms with Gasteiger partial charge in [-0.15, -0.1) is 0 Å². The summed E-state index contributed by atoms with van der Waals surface area (Å²) in [7, 11) is 1.42. The Morgan fingerprint density at radius 3 is 2.62 bits per heavy atom. The summed E-state index contributed by atoms with van der Waals surface area (Å²) in [6.45, 7) is 0.807. The van der Waals surface area contributed by atoms with E-state index in [9.17, 15) is 14.4 Å². The molecule has 0 saturated carbocycles. The number of hydrogen-bond donors (Lipinski definition) is 4. The molecule has 2 heterocycles. The summed E-state index contributed by atoms with van der Waals surface area (Å²) >= 11 is 6.09. The SMILES string of the molecule is COc1nc(CC(=O)N2CCCC2COc2ccc(C(=O)O)cc2N)ccc1NC(=O)Nc1ccccc1Cl. The number of anilines is 3. The zero-order valence-electron chi connectivity index (χ0n) is 21.1. The third-order valence-electron chi connectivity index (χ3n) is 6.20. The largest absolute Gasteiger partial charge is 0.489 e. The Bertz CT molecular complexity index is 1380. The number of nitrogens with zero attached hydrogens (tertiary/aromatic N) is 2. The molecule has 0 bridgehead atoms. The van der Waals surface area contributed by atoms with Crippen molar-refractivity contribution >= 4 is 46.6 Å². The average Bonchev–Trinajstić information content (AvgIpc) is 3.39. The standard InChI is InChI=1S/C27H28ClN5O6/c1-38-25-22(32-27(37)31-21-7-3-2-6-19(21)28)10-9-17(30-25)14-24(34)33-12-4-5-18(33)15-39-23-11-8-16(26(35)36)13-20(23)29/h2-3,6-11,13,18H,4-5,12,14-15,29H2,1H3,(H,35,36)(H2,31,32,37). The summed E-state index contributed by atoms with van der Waals surface area (Å²) in [6, 6.07) is 13.7. The molecule has 0 spiro atoms. The number of aromatic nitrogens is 1. The average molecular weight is 554 g/mol. The third kappa shape index (κ3) is 6.88. The normalized spacial score (nSPS) is 14.5. The van der Waals surface area contributed by atoms with Gasteiger partial charge >= 0.3 is 12.0 Å². The zero-order valence-corrected chi connectivity index (χ0v) is 21.9. The molecule has 5 N–H and O–H groups in total. The molecular weight excluding hydrogens is 526 g/mol. The lowest BCUT2D eigenvalue weighted by atomic mass is 10.2. The van der Waals surface area contributed by atoms with E-state index in [0.717, 1.165) is 12.8 Å². The van der Waals surface area contributed by atoms with E-state index in [1.807, 2.05) is 0 Å². The first-order valence-electron chi connectivity index (χ1n) is 12.2. The number of ether oxygens (including phenoxy) is 2. The maximum atomic E-state index is 13.1. The van der Waals surface area contributed by atoms with Gasteiger partial charge < -0.3 is 35.8 Å². The highest BCUT2D eigenvalue weighted by Gasteiger charge is 2.30. The number of carbonyl (C=O) groups is 3. The molecule has 1 aromatic heterocycles. The second kappa shape index (κ2) is 12.4. The maximum absolute atomic E-state index is 13.1. The van der Waals surface area contributed by atoms with E-state index < -0.39 is 12.0 Å². The minimum atomic E-state index is -1.07. The Hall–Kier alpha value is -4.51. The summed E-state index contributed by atoms with van der Waals surface area (Å²) in [6.07, 6.45) is 1.63. The van der Waals surface area contributed by atoms with Gasteiger partial charge in [0, 0.05) is 6.54 Å². The number of pyridine rings is 1. The first-order chi connectivity index (χ1) is 18.7. The number of hydrogen-bond acceptors (Lipinski definition) is 7. The van der Waals surface area contributed by atoms with Gasteiger partial charge in [0.25, 0.3) is 0 Å². The molecule has 1 unspecified atom stereocenters. The number of para-hydroxylation sites is 1. The molecule has 1 aliphatic heterocycles. The summed E-state index contributed by atoms with van der Waals surface area (Å²) in [5, 5.41) is 14.8. The minimum Gasteiger partial charge on any atom is -0.489 e. The number of aromatic carboxylic acids is 1. The van der Waals surface area contributed by atoms with Crippen LogP contribution in [-0.4, -0.2) is 59.2 Å². The predicted molar refractivity (Wildman–Crippen MR) is 147 cm³/mol. The quantitative estimate of drug-likeness (QED) is 0.286. The van der Waals surface area contributed by atoms with Crippen molar-refractivity contribution in [3.8, 4) is 11.6 Å². The number of urea groups is 1. The van der Waals surface area contributed by atoms with Gasteiger partial charge in [-0.1, -0.05) is 23.7 Å². The Labute approximate surface area is 229 Å². The number of nitrogens with one attached hydrogen (secondary N) is 2. The van der Waals surface area contributed by atoms with Crippen molar-refractivity contribution in [3.05, 3.63) is 70.9 Å². The third-order valence-corrected chi connectivity index (χ3v) is 6.53. The molecule has 1 saturated heterocycles. The highest BCUT2D eigenvalue weighted by Crippen LogP contribution is 2.27. The lowest BCUT2D eigenvalue weighted by Crippen LogP contribution is -2.40. The number of nitrogens with two attached hydrogens (primary N) is 1. The van der Waals surface area contributed by atoms with Gasteiger partial charge in [-0.2, -0.15) is 0 Å². The lowest BCUT2D eigenvalue weighted by molar-refractivity contribution is -0.131. The predicted octanol–water partition coefficient (Wildman–Crippen LogP) is 4.28. The summed E-state index contributed by atoms with van der Waals surface area (Å²) in [5.74, 6) is -0.666. The van der Waals surface area contributed by atoms with Crippen molar-refractivity contribution in [2.75, 3.05) is 36.6 Å². The fraction of sp³-hybridized carbons (Fsp3) is 0.259. The zero-order chi connectivity index (χ0) is 27.9. The Morgan fingerprint density at radius 1 is 1.13 bits per heavy atom. The van der Waals surface area contributed by atoms with Crippen LogP contribution in [0.5, 0.6) is 11.6 Å². The number of carbonyl (C=O) groups excluding carboxylic acids is 2. The topological polar surface area (TPSA) is 156 Å². The summed E-state index contributed by atoms with van der Waals surface area (Å²) < 4.78 is 11.2. The molecule has 0 radical (unpaired) electrons. The minimum absolute atomic E-state index is 0.0361. The van der Waals surface area contributed by atoms with E-state index in [4.69, 9.17) is 31.9 Å². The molecule has 1 atom stereocenters. The molecule has 1 aliphatic rings. The second-order valence-electron chi connectivity index (χ2n) is 8.85. The Kier molecular flexibility index (Phi) is 8.72. The van der Waals surface area contributed by atoms with Crippen LogP contribution in [0.1, 0.15) is 28.9 Å². The maximum Gasteiger partial charge on any atom is 0.335 e. The molecule has 2 aromatic carbocycles. The fourth-order valence-corrected chi connectivity index (χ4v) is 4.44. The molecule has 0 aliphatic carbocycles. The monoisotopic (exact) mass is 553 g/mol. The second-order valence-corrected chi connectivity index (χ2v) is 9.25. The molecular formula is C27H28ClN5O6. The molecule has 1 fully saturated rings. The number of methoxy groups -OCH3 is 1. The molecule has 12 heteroatoms. The highest BCUT2D eigenvalue weighted by atomic mass is 35.5. The first-order valence-corrected chi connectivity index (χ1v) is 12.5. The number of benzene rings is 2. The van der Waals surface area contributed by atoms with Crippen LogP contribution >= 0.6 is 11.6 Å². The van der Waals surface area contributed by atoms with Crippen LogP contribution < -0.4 is 25.8 Å². The van der Waals surface area contributed by atoms with Gasteiger partial charge in [-0.3, -0.25) is 4.79 Å². The van der Waals surface area contributed by atoms with Crippen molar-refractivity contribution < 1.29 is 29.0 Å². The first kappa shape index (κ1) is 27.5. The Morgan fingerprint density at radius 2 is 1.90 bits per heavy atom. The van der Waals surface area contributed by atoms with Crippen molar-refractivity contribution in [2.45, 2.75) is 25.3 Å². The van der Waals surface area contributed by atoms with Gasteiger partial charge in [0.15, 0.2) is 0 Å². The number of amides is 3. The van der Waals surface area contributed by atoms with E-state index in [-0.39, 0.29) is 42.1 Å². The number of likely N-dealkylation sites (tertiary alicyclic amines) is 1. The van der Waals surface area contributed by atoms with Crippen LogP contribution in [0.4, 0.5) is 21.9 Å². The molecule has 11 nitrogen and oxygen atoms in total. The van der Waals surface area contributed by atoms with Crippen LogP contribution in [-0.2, 0) is 11.2 Å². The van der Waals surface area contributed by atoms with E-state index >= 15 is 0 Å². The number of carboxylic acids is 1. The molecule has 39 heavy (non-hydrogen) atoms. The number of halogens is 1. The smallest absolute Gasteiger partial charge is 0.335 e. The van der Waals surface area contributed by atoms with E-state index in [1.54, 1.807) is 41.3 Å². The van der Waals surface area contributed by atoms with Gasteiger partial charge in [0.05, 0.1) is 47.2 Å². The van der Waals surface area contributed by atoms with Crippen LogP contribution in [0.3, 0.4) is 0 Å². The summed E-state index contributed by atoms with van der Waals surface area (Å²) in [5.41, 5.74) is 7.49. The Balaban J connectivity index is 1.36. The van der Waals surface area contributed by atoms with E-state index in [1.165, 1.54) is 25.3 Å². The highest BCUT2D eigenvalue weighted by molar-refractivity contribution is 6.33. The van der Waals surface area contributed by atoms with Gasteiger partial charge in [0.1, 0.15) is 18.0 Å². The molecule has 4 rings (SSSR count). The number of nitrogen functional groups attached to an aromatic ring is 1. The van der Waals surface area contributed by atoms with Crippen LogP contribution in [0.15, 0.2) is 54.6 Å². The van der Waals surface area contributed by atoms with E-state index in [0.29, 0.717) is 34.4 Å². The summed E-state index contributed by atoms with van der Waals surface area (Å²) in [4.78, 5) is 42.8. The van der Waals surface area contributed by atoms with Crippen molar-refractivity contribution in [1.82, 2.24) is 9.88 Å². The van der Waals surface area contributed by atoms with Crippen molar-refractivity contribution in [1.29, 1.82) is 0 Å². The number of rotatable bonds is 9. The molecule has 3 aromatic rings. The van der Waals surface area contributed by atoms with Crippen LogP contribution in [0.25, 0.3) is 0 Å².